The number of halogens is 1. The highest BCUT2D eigenvalue weighted by molar-refractivity contribution is 8.01. The van der Waals surface area contributed by atoms with E-state index in [0.717, 1.165) is 11.8 Å². The summed E-state index contributed by atoms with van der Waals surface area (Å²) in [7, 11) is 0. The van der Waals surface area contributed by atoms with Gasteiger partial charge in [-0.1, -0.05) is 11.6 Å². The van der Waals surface area contributed by atoms with Gasteiger partial charge in [0.25, 0.3) is 0 Å². The molecule has 1 aromatic carbocycles. The summed E-state index contributed by atoms with van der Waals surface area (Å²) in [6.07, 6.45) is 0. The minimum atomic E-state index is -0.973. The molecule has 0 aliphatic carbocycles. The zero-order valence-electron chi connectivity index (χ0n) is 8.82. The van der Waals surface area contributed by atoms with Gasteiger partial charge in [-0.15, -0.1) is 11.8 Å². The van der Waals surface area contributed by atoms with Crippen molar-refractivity contribution in [1.29, 1.82) is 5.26 Å². The van der Waals surface area contributed by atoms with Gasteiger partial charge in [0.15, 0.2) is 0 Å². The first kappa shape index (κ1) is 12.9. The van der Waals surface area contributed by atoms with E-state index < -0.39 is 10.7 Å². The fraction of sp³-hybridized carbons (Fsp3) is 0.273. The van der Waals surface area contributed by atoms with Crippen molar-refractivity contribution in [2.75, 3.05) is 0 Å². The molecule has 0 bridgehead atoms. The SMILES string of the molecule is CC(C)(Sc1ccc(Cl)cc1C#N)C(=O)O. The Labute approximate surface area is 103 Å². The summed E-state index contributed by atoms with van der Waals surface area (Å²) >= 11 is 6.89. The first-order valence-corrected chi connectivity index (χ1v) is 5.68. The molecule has 0 aliphatic rings. The summed E-state index contributed by atoms with van der Waals surface area (Å²) in [6, 6.07) is 6.83. The van der Waals surface area contributed by atoms with Gasteiger partial charge < -0.3 is 5.11 Å². The highest BCUT2D eigenvalue weighted by Crippen LogP contribution is 2.35. The minimum Gasteiger partial charge on any atom is -0.480 e. The molecule has 3 nitrogen and oxygen atoms in total. The van der Waals surface area contributed by atoms with Crippen molar-refractivity contribution in [3.05, 3.63) is 28.8 Å². The van der Waals surface area contributed by atoms with E-state index in [2.05, 4.69) is 0 Å². The van der Waals surface area contributed by atoms with Crippen molar-refractivity contribution in [3.8, 4) is 6.07 Å². The molecule has 0 radical (unpaired) electrons. The third kappa shape index (κ3) is 2.91. The number of nitrogens with zero attached hydrogens (tertiary/aromatic N) is 1. The van der Waals surface area contributed by atoms with Gasteiger partial charge >= 0.3 is 5.97 Å². The molecule has 0 aromatic heterocycles. The van der Waals surface area contributed by atoms with Crippen LogP contribution in [0.2, 0.25) is 5.02 Å². The monoisotopic (exact) mass is 255 g/mol. The predicted octanol–water partition coefficient (Wildman–Crippen LogP) is 3.17. The van der Waals surface area contributed by atoms with Crippen molar-refractivity contribution in [3.63, 3.8) is 0 Å². The van der Waals surface area contributed by atoms with Gasteiger partial charge in [-0.3, -0.25) is 4.79 Å². The maximum atomic E-state index is 11.0. The van der Waals surface area contributed by atoms with E-state index in [4.69, 9.17) is 22.0 Å². The van der Waals surface area contributed by atoms with E-state index in [1.165, 1.54) is 6.07 Å². The number of carboxylic acids is 1. The van der Waals surface area contributed by atoms with Crippen LogP contribution >= 0.6 is 23.4 Å². The van der Waals surface area contributed by atoms with E-state index in [0.29, 0.717) is 15.5 Å². The van der Waals surface area contributed by atoms with E-state index in [-0.39, 0.29) is 0 Å². The maximum Gasteiger partial charge on any atom is 0.319 e. The first-order valence-electron chi connectivity index (χ1n) is 4.49. The number of carboxylic acid groups (broad SMARTS) is 1. The van der Waals surface area contributed by atoms with Crippen LogP contribution in [0.15, 0.2) is 23.1 Å². The maximum absolute atomic E-state index is 11.0. The molecule has 0 saturated heterocycles. The second kappa shape index (κ2) is 4.77. The molecule has 5 heteroatoms. The number of thioether (sulfide) groups is 1. The highest BCUT2D eigenvalue weighted by atomic mass is 35.5. The van der Waals surface area contributed by atoms with Crippen LogP contribution in [0.5, 0.6) is 0 Å². The topological polar surface area (TPSA) is 61.1 Å². The Morgan fingerprint density at radius 1 is 1.56 bits per heavy atom. The lowest BCUT2D eigenvalue weighted by atomic mass is 10.2. The molecule has 1 rings (SSSR count). The second-order valence-electron chi connectivity index (χ2n) is 3.67. The van der Waals surface area contributed by atoms with Gasteiger partial charge in [0, 0.05) is 9.92 Å². The molecule has 0 unspecified atom stereocenters. The molecular weight excluding hydrogens is 246 g/mol. The number of carbonyl (C=O) groups is 1. The fourth-order valence-corrected chi connectivity index (χ4v) is 2.16. The Hall–Kier alpha value is -1.18. The van der Waals surface area contributed by atoms with Crippen LogP contribution in [0, 0.1) is 11.3 Å². The van der Waals surface area contributed by atoms with Crippen LogP contribution in [0.4, 0.5) is 0 Å². The van der Waals surface area contributed by atoms with E-state index in [1.54, 1.807) is 26.0 Å². The van der Waals surface area contributed by atoms with Crippen molar-refractivity contribution < 1.29 is 9.90 Å². The summed E-state index contributed by atoms with van der Waals surface area (Å²) in [4.78, 5) is 11.6. The van der Waals surface area contributed by atoms with E-state index >= 15 is 0 Å². The Morgan fingerprint density at radius 3 is 2.69 bits per heavy atom. The van der Waals surface area contributed by atoms with E-state index in [1.807, 2.05) is 6.07 Å². The summed E-state index contributed by atoms with van der Waals surface area (Å²) in [5.74, 6) is -0.920. The van der Waals surface area contributed by atoms with Crippen LogP contribution in [-0.2, 0) is 4.79 Å². The summed E-state index contributed by atoms with van der Waals surface area (Å²) in [5.41, 5.74) is 0.395. The number of hydrogen-bond donors (Lipinski definition) is 1. The van der Waals surface area contributed by atoms with Crippen molar-refractivity contribution in [2.24, 2.45) is 0 Å². The van der Waals surface area contributed by atoms with Crippen molar-refractivity contribution in [2.45, 2.75) is 23.5 Å². The largest absolute Gasteiger partial charge is 0.480 e. The molecule has 1 N–H and O–H groups in total. The van der Waals surface area contributed by atoms with Crippen LogP contribution in [0.1, 0.15) is 19.4 Å². The van der Waals surface area contributed by atoms with E-state index in [9.17, 15) is 4.79 Å². The van der Waals surface area contributed by atoms with Gasteiger partial charge in [0.2, 0.25) is 0 Å². The van der Waals surface area contributed by atoms with Crippen molar-refractivity contribution in [1.82, 2.24) is 0 Å². The van der Waals surface area contributed by atoms with Crippen LogP contribution < -0.4 is 0 Å². The van der Waals surface area contributed by atoms with Crippen molar-refractivity contribution >= 4 is 29.3 Å². The number of rotatable bonds is 3. The van der Waals surface area contributed by atoms with Gasteiger partial charge in [0.05, 0.1) is 5.56 Å². The quantitative estimate of drug-likeness (QED) is 0.843. The molecule has 16 heavy (non-hydrogen) atoms. The molecule has 0 atom stereocenters. The van der Waals surface area contributed by atoms with Gasteiger partial charge in [-0.25, -0.2) is 0 Å². The standard InChI is InChI=1S/C11H10ClNO2S/c1-11(2,10(14)15)16-9-4-3-8(12)5-7(9)6-13/h3-5H,1-2H3,(H,14,15). The number of aliphatic carboxylic acids is 1. The number of benzene rings is 1. The molecule has 0 fully saturated rings. The zero-order valence-corrected chi connectivity index (χ0v) is 10.4. The second-order valence-corrected chi connectivity index (χ2v) is 5.77. The molecule has 0 aliphatic heterocycles. The van der Waals surface area contributed by atoms with Crippen LogP contribution in [0.25, 0.3) is 0 Å². The van der Waals surface area contributed by atoms with Gasteiger partial charge in [0.1, 0.15) is 10.8 Å². The summed E-state index contributed by atoms with van der Waals surface area (Å²) < 4.78 is -0.973. The van der Waals surface area contributed by atoms with Gasteiger partial charge in [-0.05, 0) is 32.0 Å². The summed E-state index contributed by atoms with van der Waals surface area (Å²) in [6.45, 7) is 3.19. The first-order chi connectivity index (χ1) is 7.36. The average molecular weight is 256 g/mol. The third-order valence-corrected chi connectivity index (χ3v) is 3.44. The highest BCUT2D eigenvalue weighted by Gasteiger charge is 2.29. The molecule has 1 aromatic rings. The van der Waals surface area contributed by atoms with Crippen LogP contribution in [0.3, 0.4) is 0 Å². The zero-order chi connectivity index (χ0) is 12.3. The molecule has 0 saturated carbocycles. The lowest BCUT2D eigenvalue weighted by Crippen LogP contribution is -2.27. The molecule has 0 heterocycles. The lowest BCUT2D eigenvalue weighted by molar-refractivity contribution is -0.138. The predicted molar refractivity (Wildman–Crippen MR) is 63.7 cm³/mol. The van der Waals surface area contributed by atoms with Crippen LogP contribution in [-0.4, -0.2) is 15.8 Å². The normalized spacial score (nSPS) is 10.9. The fourth-order valence-electron chi connectivity index (χ4n) is 0.997. The number of nitriles is 1. The Morgan fingerprint density at radius 2 is 2.19 bits per heavy atom. The van der Waals surface area contributed by atoms with Gasteiger partial charge in [-0.2, -0.15) is 5.26 Å². The average Bonchev–Trinajstić information content (AvgIpc) is 2.20. The Kier molecular flexibility index (Phi) is 3.84. The summed E-state index contributed by atoms with van der Waals surface area (Å²) in [5, 5.41) is 18.4. The molecular formula is C11H10ClNO2S. The Bertz CT molecular complexity index is 466. The third-order valence-electron chi connectivity index (χ3n) is 1.94. The smallest absolute Gasteiger partial charge is 0.319 e. The molecule has 0 spiro atoms. The molecule has 0 amide bonds. The minimum absolute atomic E-state index is 0.395. The lowest BCUT2D eigenvalue weighted by Gasteiger charge is -2.18. The number of hydrogen-bond acceptors (Lipinski definition) is 3. The molecule has 84 valence electrons. The Balaban J connectivity index is 3.08.